The molecule has 1 heterocycles. The smallest absolute Gasteiger partial charge is 0.223 e. The van der Waals surface area contributed by atoms with E-state index in [0.29, 0.717) is 0 Å². The number of aliphatic hydroxyl groups is 1. The molecule has 1 aromatic carbocycles. The van der Waals surface area contributed by atoms with Gasteiger partial charge < -0.3 is 15.3 Å². The summed E-state index contributed by atoms with van der Waals surface area (Å²) >= 11 is 0. The van der Waals surface area contributed by atoms with E-state index in [2.05, 4.69) is 5.32 Å². The van der Waals surface area contributed by atoms with Crippen LogP contribution in [0.3, 0.4) is 0 Å². The highest BCUT2D eigenvalue weighted by atomic mass is 16.3. The van der Waals surface area contributed by atoms with Crippen LogP contribution in [-0.2, 0) is 9.59 Å². The van der Waals surface area contributed by atoms with Crippen molar-refractivity contribution in [2.24, 2.45) is 0 Å². The Hall–Kier alpha value is -2.14. The molecule has 2 N–H and O–H groups in total. The Labute approximate surface area is 142 Å². The lowest BCUT2D eigenvalue weighted by atomic mass is 9.92. The van der Waals surface area contributed by atoms with E-state index in [0.717, 1.165) is 36.8 Å². The minimum Gasteiger partial charge on any atom is -0.394 e. The summed E-state index contributed by atoms with van der Waals surface area (Å²) in [4.78, 5) is 26.2. The van der Waals surface area contributed by atoms with Gasteiger partial charge in [-0.05, 0) is 30.0 Å². The van der Waals surface area contributed by atoms with Gasteiger partial charge in [-0.1, -0.05) is 37.1 Å². The lowest BCUT2D eigenvalue weighted by Gasteiger charge is -2.34. The van der Waals surface area contributed by atoms with E-state index in [4.69, 9.17) is 0 Å². The number of carbonyl (C=O) groups is 2. The van der Waals surface area contributed by atoms with Gasteiger partial charge in [0, 0.05) is 13.1 Å². The first-order valence-corrected chi connectivity index (χ1v) is 8.52. The first kappa shape index (κ1) is 16.7. The summed E-state index contributed by atoms with van der Waals surface area (Å²) in [5, 5.41) is 12.7. The number of nitrogens with one attached hydrogen (secondary N) is 1. The number of carbonyl (C=O) groups excluding carboxylic acids is 2. The number of benzene rings is 1. The molecule has 1 aliphatic heterocycles. The molecule has 1 aromatic rings. The zero-order valence-electron chi connectivity index (χ0n) is 14.0. The molecule has 0 aromatic heterocycles. The van der Waals surface area contributed by atoms with Gasteiger partial charge in [-0.25, -0.2) is 0 Å². The Morgan fingerprint density at radius 1 is 1.29 bits per heavy atom. The quantitative estimate of drug-likeness (QED) is 0.891. The fourth-order valence-electron chi connectivity index (χ4n) is 3.81. The summed E-state index contributed by atoms with van der Waals surface area (Å²) in [7, 11) is 0. The highest BCUT2D eigenvalue weighted by molar-refractivity contribution is 5.82. The first-order valence-electron chi connectivity index (χ1n) is 8.52. The Bertz CT molecular complexity index is 662. The number of hydrogen-bond acceptors (Lipinski definition) is 3. The molecule has 0 saturated heterocycles. The van der Waals surface area contributed by atoms with Gasteiger partial charge in [-0.3, -0.25) is 9.59 Å². The van der Waals surface area contributed by atoms with Gasteiger partial charge in [0.2, 0.25) is 11.8 Å². The van der Waals surface area contributed by atoms with Crippen molar-refractivity contribution >= 4 is 17.9 Å². The summed E-state index contributed by atoms with van der Waals surface area (Å²) < 4.78 is 0. The number of nitrogens with zero attached hydrogens (tertiary/aromatic N) is 1. The summed E-state index contributed by atoms with van der Waals surface area (Å²) in [5.74, 6) is -0.205. The van der Waals surface area contributed by atoms with Crippen molar-refractivity contribution in [1.29, 1.82) is 0 Å². The van der Waals surface area contributed by atoms with E-state index < -0.39 is 5.54 Å². The lowest BCUT2D eigenvalue weighted by Crippen LogP contribution is -2.50. The summed E-state index contributed by atoms with van der Waals surface area (Å²) in [5.41, 5.74) is 1.53. The van der Waals surface area contributed by atoms with Crippen LogP contribution < -0.4 is 5.32 Å². The third-order valence-electron chi connectivity index (χ3n) is 5.12. The first-order chi connectivity index (χ1) is 11.5. The second-order valence-electron chi connectivity index (χ2n) is 6.78. The zero-order chi connectivity index (χ0) is 17.2. The van der Waals surface area contributed by atoms with Crippen LogP contribution in [0.5, 0.6) is 0 Å². The summed E-state index contributed by atoms with van der Waals surface area (Å²) in [6.45, 7) is 1.48. The van der Waals surface area contributed by atoms with E-state index in [9.17, 15) is 14.7 Å². The number of hydrogen-bond donors (Lipinski definition) is 2. The average molecular weight is 328 g/mol. The fraction of sp³-hybridized carbons (Fsp3) is 0.474. The molecule has 1 saturated carbocycles. The maximum atomic E-state index is 12.6. The van der Waals surface area contributed by atoms with E-state index >= 15 is 0 Å². The van der Waals surface area contributed by atoms with Gasteiger partial charge in [0.1, 0.15) is 0 Å². The van der Waals surface area contributed by atoms with Gasteiger partial charge in [-0.2, -0.15) is 0 Å². The van der Waals surface area contributed by atoms with Crippen LogP contribution in [0.1, 0.15) is 56.2 Å². The molecule has 0 spiro atoms. The van der Waals surface area contributed by atoms with Gasteiger partial charge in [0.15, 0.2) is 0 Å². The van der Waals surface area contributed by atoms with Crippen LogP contribution in [0.15, 0.2) is 30.5 Å². The second-order valence-corrected chi connectivity index (χ2v) is 6.78. The third-order valence-corrected chi connectivity index (χ3v) is 5.12. The van der Waals surface area contributed by atoms with Crippen molar-refractivity contribution in [2.75, 3.05) is 6.61 Å². The molecular formula is C19H24N2O3. The molecule has 3 rings (SSSR count). The molecule has 5 nitrogen and oxygen atoms in total. The molecule has 24 heavy (non-hydrogen) atoms. The van der Waals surface area contributed by atoms with Crippen LogP contribution in [-0.4, -0.2) is 34.0 Å². The molecule has 1 aliphatic carbocycles. The fourth-order valence-corrected chi connectivity index (χ4v) is 3.81. The molecule has 2 aliphatic rings. The molecule has 128 valence electrons. The maximum Gasteiger partial charge on any atom is 0.223 e. The predicted octanol–water partition coefficient (Wildman–Crippen LogP) is 2.37. The molecule has 1 fully saturated rings. The SMILES string of the molecule is CC(=O)N1C=Cc2ccccc2C1CC(=O)NC1(CO)CCCC1. The maximum absolute atomic E-state index is 12.6. The number of amides is 2. The monoisotopic (exact) mass is 328 g/mol. The van der Waals surface area contributed by atoms with E-state index in [-0.39, 0.29) is 30.9 Å². The standard InChI is InChI=1S/C19H24N2O3/c1-14(23)21-11-8-15-6-2-3-7-16(15)17(21)12-18(24)20-19(13-22)9-4-5-10-19/h2-3,6-8,11,17,22H,4-5,9-10,12-13H2,1H3,(H,20,24). The number of rotatable bonds is 4. The van der Waals surface area contributed by atoms with Crippen LogP contribution >= 0.6 is 0 Å². The minimum absolute atomic E-state index is 0.0314. The number of fused-ring (bicyclic) bond motifs is 1. The molecule has 0 radical (unpaired) electrons. The highest BCUT2D eigenvalue weighted by Crippen LogP contribution is 2.34. The van der Waals surface area contributed by atoms with Crippen LogP contribution in [0.25, 0.3) is 6.08 Å². The van der Waals surface area contributed by atoms with Crippen LogP contribution in [0.4, 0.5) is 0 Å². The summed E-state index contributed by atoms with van der Waals surface area (Å²) in [6.07, 6.45) is 7.52. The van der Waals surface area contributed by atoms with Crippen molar-refractivity contribution in [3.05, 3.63) is 41.6 Å². The van der Waals surface area contributed by atoms with Crippen molar-refractivity contribution in [1.82, 2.24) is 10.2 Å². The minimum atomic E-state index is -0.484. The Balaban J connectivity index is 1.79. The van der Waals surface area contributed by atoms with Crippen molar-refractivity contribution in [3.8, 4) is 0 Å². The van der Waals surface area contributed by atoms with E-state index in [1.165, 1.54) is 6.92 Å². The molecular weight excluding hydrogens is 304 g/mol. The van der Waals surface area contributed by atoms with Crippen LogP contribution in [0, 0.1) is 0 Å². The van der Waals surface area contributed by atoms with Crippen LogP contribution in [0.2, 0.25) is 0 Å². The Kier molecular flexibility index (Phi) is 4.71. The lowest BCUT2D eigenvalue weighted by molar-refractivity contribution is -0.130. The third kappa shape index (κ3) is 3.22. The average Bonchev–Trinajstić information content (AvgIpc) is 3.03. The van der Waals surface area contributed by atoms with Crippen molar-refractivity contribution in [3.63, 3.8) is 0 Å². The largest absolute Gasteiger partial charge is 0.394 e. The molecule has 2 amide bonds. The summed E-state index contributed by atoms with van der Waals surface area (Å²) in [6, 6.07) is 7.52. The normalized spacial score (nSPS) is 21.4. The van der Waals surface area contributed by atoms with E-state index in [1.54, 1.807) is 11.1 Å². The second kappa shape index (κ2) is 6.77. The topological polar surface area (TPSA) is 69.6 Å². The molecule has 0 bridgehead atoms. The predicted molar refractivity (Wildman–Crippen MR) is 91.8 cm³/mol. The molecule has 1 unspecified atom stereocenters. The Morgan fingerprint density at radius 2 is 2.00 bits per heavy atom. The van der Waals surface area contributed by atoms with Crippen molar-refractivity contribution in [2.45, 2.75) is 50.6 Å². The molecule has 1 atom stereocenters. The van der Waals surface area contributed by atoms with Gasteiger partial charge >= 0.3 is 0 Å². The van der Waals surface area contributed by atoms with Gasteiger partial charge in [0.05, 0.1) is 24.6 Å². The molecule has 5 heteroatoms. The van der Waals surface area contributed by atoms with Gasteiger partial charge in [-0.15, -0.1) is 0 Å². The highest BCUT2D eigenvalue weighted by Gasteiger charge is 2.36. The number of aliphatic hydroxyl groups excluding tert-OH is 1. The van der Waals surface area contributed by atoms with E-state index in [1.807, 2.05) is 30.3 Å². The Morgan fingerprint density at radius 3 is 2.67 bits per heavy atom. The zero-order valence-corrected chi connectivity index (χ0v) is 14.0. The van der Waals surface area contributed by atoms with Gasteiger partial charge in [0.25, 0.3) is 0 Å². The van der Waals surface area contributed by atoms with Crippen molar-refractivity contribution < 1.29 is 14.7 Å².